The highest BCUT2D eigenvalue weighted by molar-refractivity contribution is 5.97. The third kappa shape index (κ3) is 4.27. The van der Waals surface area contributed by atoms with Crippen molar-refractivity contribution in [1.29, 1.82) is 0 Å². The lowest BCUT2D eigenvalue weighted by atomic mass is 9.89. The molecule has 1 atom stereocenters. The van der Waals surface area contributed by atoms with Gasteiger partial charge in [0.2, 0.25) is 5.91 Å². The molecule has 32 heavy (non-hydrogen) atoms. The SMILES string of the molecule is O=C1C[C@@H]2CCCCN2C(=O)N1CCCCN1CCC(c2c[nH]c3ccc(F)cc23)CC1. The number of benzene rings is 1. The van der Waals surface area contributed by atoms with E-state index in [4.69, 9.17) is 0 Å². The van der Waals surface area contributed by atoms with Crippen molar-refractivity contribution in [2.75, 3.05) is 32.7 Å². The van der Waals surface area contributed by atoms with Crippen LogP contribution in [0.15, 0.2) is 24.4 Å². The van der Waals surface area contributed by atoms with Crippen molar-refractivity contribution in [2.45, 2.75) is 63.3 Å². The summed E-state index contributed by atoms with van der Waals surface area (Å²) in [4.78, 5) is 34.4. The summed E-state index contributed by atoms with van der Waals surface area (Å²) in [6.07, 6.45) is 9.67. The number of imide groups is 1. The van der Waals surface area contributed by atoms with Gasteiger partial charge in [-0.3, -0.25) is 9.69 Å². The molecule has 1 aromatic heterocycles. The minimum atomic E-state index is -0.183. The monoisotopic (exact) mass is 440 g/mol. The first kappa shape index (κ1) is 21.4. The maximum absolute atomic E-state index is 13.7. The number of rotatable bonds is 6. The molecule has 7 heteroatoms. The standard InChI is InChI=1S/C25H33FN4O2/c26-19-6-7-23-21(15-19)22(17-27-23)18-8-13-28(14-9-18)10-3-4-12-30-24(31)16-20-5-1-2-11-29(20)25(30)32/h6-7,15,17-18,20,27H,1-5,8-14,16H2/t20-/m0/s1. The van der Waals surface area contributed by atoms with E-state index < -0.39 is 0 Å². The molecular weight excluding hydrogens is 407 g/mol. The van der Waals surface area contributed by atoms with Gasteiger partial charge < -0.3 is 14.8 Å². The van der Waals surface area contributed by atoms with Crippen molar-refractivity contribution in [3.8, 4) is 0 Å². The van der Waals surface area contributed by atoms with Crippen LogP contribution in [0.1, 0.15) is 62.8 Å². The van der Waals surface area contributed by atoms with Crippen LogP contribution in [0, 0.1) is 5.82 Å². The number of amides is 3. The quantitative estimate of drug-likeness (QED) is 0.674. The molecule has 3 aliphatic heterocycles. The second-order valence-electron chi connectivity index (χ2n) is 9.63. The average molecular weight is 441 g/mol. The number of fused-ring (bicyclic) bond motifs is 2. The Hall–Kier alpha value is -2.41. The lowest BCUT2D eigenvalue weighted by Crippen LogP contribution is -2.58. The molecule has 2 aromatic rings. The van der Waals surface area contributed by atoms with Crippen molar-refractivity contribution in [2.24, 2.45) is 0 Å². The molecule has 0 spiro atoms. The molecule has 0 radical (unpaired) electrons. The number of likely N-dealkylation sites (tertiary alicyclic amines) is 1. The second kappa shape index (κ2) is 9.22. The number of aromatic nitrogens is 1. The summed E-state index contributed by atoms with van der Waals surface area (Å²) >= 11 is 0. The van der Waals surface area contributed by atoms with Crippen LogP contribution in [-0.2, 0) is 4.79 Å². The van der Waals surface area contributed by atoms with Crippen molar-refractivity contribution >= 4 is 22.8 Å². The number of urea groups is 1. The molecule has 3 fully saturated rings. The van der Waals surface area contributed by atoms with Crippen LogP contribution in [0.4, 0.5) is 9.18 Å². The normalized spacial score (nSPS) is 23.2. The van der Waals surface area contributed by atoms with Crippen molar-refractivity contribution < 1.29 is 14.0 Å². The highest BCUT2D eigenvalue weighted by atomic mass is 19.1. The molecule has 172 valence electrons. The van der Waals surface area contributed by atoms with Crippen LogP contribution < -0.4 is 0 Å². The molecule has 3 aliphatic rings. The molecule has 6 nitrogen and oxygen atoms in total. The van der Waals surface area contributed by atoms with E-state index >= 15 is 0 Å². The summed E-state index contributed by atoms with van der Waals surface area (Å²) in [6.45, 7) is 4.40. The maximum atomic E-state index is 13.7. The van der Waals surface area contributed by atoms with Gasteiger partial charge in [0.15, 0.2) is 0 Å². The number of aromatic amines is 1. The largest absolute Gasteiger partial charge is 0.361 e. The number of halogens is 1. The number of piperidine rings is 2. The summed E-state index contributed by atoms with van der Waals surface area (Å²) in [7, 11) is 0. The minimum absolute atomic E-state index is 0.00845. The number of hydrogen-bond acceptors (Lipinski definition) is 3. The summed E-state index contributed by atoms with van der Waals surface area (Å²) in [5, 5.41) is 1.01. The molecule has 0 unspecified atom stereocenters. The molecule has 1 aromatic carbocycles. The molecule has 0 aliphatic carbocycles. The molecule has 1 N–H and O–H groups in total. The lowest BCUT2D eigenvalue weighted by Gasteiger charge is -2.42. The third-order valence-corrected chi connectivity index (χ3v) is 7.62. The first-order valence-corrected chi connectivity index (χ1v) is 12.2. The van der Waals surface area contributed by atoms with Gasteiger partial charge in [-0.25, -0.2) is 9.18 Å². The zero-order valence-corrected chi connectivity index (χ0v) is 18.7. The van der Waals surface area contributed by atoms with Gasteiger partial charge in [-0.2, -0.15) is 0 Å². The van der Waals surface area contributed by atoms with Gasteiger partial charge in [0.05, 0.1) is 0 Å². The van der Waals surface area contributed by atoms with E-state index in [1.54, 1.807) is 6.07 Å². The fraction of sp³-hybridized carbons (Fsp3) is 0.600. The van der Waals surface area contributed by atoms with Crippen molar-refractivity contribution in [1.82, 2.24) is 19.7 Å². The Morgan fingerprint density at radius 1 is 1.00 bits per heavy atom. The van der Waals surface area contributed by atoms with Gasteiger partial charge >= 0.3 is 6.03 Å². The van der Waals surface area contributed by atoms with E-state index in [1.165, 1.54) is 16.5 Å². The number of hydrogen-bond donors (Lipinski definition) is 1. The summed E-state index contributed by atoms with van der Waals surface area (Å²) in [5.41, 5.74) is 2.24. The van der Waals surface area contributed by atoms with E-state index in [2.05, 4.69) is 9.88 Å². The van der Waals surface area contributed by atoms with E-state index in [9.17, 15) is 14.0 Å². The van der Waals surface area contributed by atoms with Crippen molar-refractivity contribution in [3.63, 3.8) is 0 Å². The maximum Gasteiger partial charge on any atom is 0.326 e. The molecule has 0 saturated carbocycles. The molecule has 3 amide bonds. The zero-order chi connectivity index (χ0) is 22.1. The van der Waals surface area contributed by atoms with Crippen LogP contribution in [-0.4, -0.2) is 70.4 Å². The fourth-order valence-corrected chi connectivity index (χ4v) is 5.78. The number of unbranched alkanes of at least 4 members (excludes halogenated alkanes) is 1. The average Bonchev–Trinajstić information content (AvgIpc) is 3.22. The van der Waals surface area contributed by atoms with E-state index in [-0.39, 0.29) is 23.8 Å². The van der Waals surface area contributed by atoms with Gasteiger partial charge in [0.1, 0.15) is 5.82 Å². The highest BCUT2D eigenvalue weighted by Crippen LogP contribution is 2.33. The predicted molar refractivity (Wildman–Crippen MR) is 122 cm³/mol. The lowest BCUT2D eigenvalue weighted by molar-refractivity contribution is -0.133. The van der Waals surface area contributed by atoms with E-state index in [0.717, 1.165) is 82.0 Å². The third-order valence-electron chi connectivity index (χ3n) is 7.62. The van der Waals surface area contributed by atoms with Crippen molar-refractivity contribution in [3.05, 3.63) is 35.8 Å². The Bertz CT molecular complexity index is 981. The van der Waals surface area contributed by atoms with Gasteiger partial charge in [0, 0.05) is 42.7 Å². The van der Waals surface area contributed by atoms with Gasteiger partial charge in [-0.1, -0.05) is 0 Å². The van der Waals surface area contributed by atoms with E-state index in [0.29, 0.717) is 18.9 Å². The molecule has 4 heterocycles. The smallest absolute Gasteiger partial charge is 0.326 e. The summed E-state index contributed by atoms with van der Waals surface area (Å²) < 4.78 is 13.7. The fourth-order valence-electron chi connectivity index (χ4n) is 5.78. The predicted octanol–water partition coefficient (Wildman–Crippen LogP) is 4.47. The topological polar surface area (TPSA) is 59.7 Å². The molecule has 3 saturated heterocycles. The first-order valence-electron chi connectivity index (χ1n) is 12.2. The number of carbonyl (C=O) groups excluding carboxylic acids is 2. The highest BCUT2D eigenvalue weighted by Gasteiger charge is 2.39. The Morgan fingerprint density at radius 3 is 2.66 bits per heavy atom. The number of nitrogens with one attached hydrogen (secondary N) is 1. The van der Waals surface area contributed by atoms with Crippen LogP contribution in [0.5, 0.6) is 0 Å². The Kier molecular flexibility index (Phi) is 6.17. The Labute approximate surface area is 188 Å². The van der Waals surface area contributed by atoms with Crippen LogP contribution in [0.3, 0.4) is 0 Å². The molecule has 0 bridgehead atoms. The van der Waals surface area contributed by atoms with Crippen LogP contribution in [0.2, 0.25) is 0 Å². The van der Waals surface area contributed by atoms with Crippen LogP contribution >= 0.6 is 0 Å². The Balaban J connectivity index is 1.07. The number of carbonyl (C=O) groups is 2. The summed E-state index contributed by atoms with van der Waals surface area (Å²) in [6, 6.07) is 5.02. The Morgan fingerprint density at radius 2 is 1.81 bits per heavy atom. The van der Waals surface area contributed by atoms with Gasteiger partial charge in [0.25, 0.3) is 0 Å². The van der Waals surface area contributed by atoms with Gasteiger partial charge in [-0.15, -0.1) is 0 Å². The van der Waals surface area contributed by atoms with Gasteiger partial charge in [-0.05, 0) is 94.3 Å². The number of H-pyrrole nitrogens is 1. The zero-order valence-electron chi connectivity index (χ0n) is 18.7. The summed E-state index contributed by atoms with van der Waals surface area (Å²) in [5.74, 6) is 0.286. The minimum Gasteiger partial charge on any atom is -0.361 e. The van der Waals surface area contributed by atoms with Crippen LogP contribution in [0.25, 0.3) is 10.9 Å². The molecular formula is C25H33FN4O2. The first-order chi connectivity index (χ1) is 15.6. The molecule has 5 rings (SSSR count). The second-order valence-corrected chi connectivity index (χ2v) is 9.63. The van der Waals surface area contributed by atoms with E-state index in [1.807, 2.05) is 17.2 Å². The number of nitrogens with zero attached hydrogens (tertiary/aromatic N) is 3.